The van der Waals surface area contributed by atoms with Crippen LogP contribution in [-0.2, 0) is 19.4 Å². The van der Waals surface area contributed by atoms with Crippen molar-refractivity contribution in [2.45, 2.75) is 51.2 Å². The van der Waals surface area contributed by atoms with Crippen molar-refractivity contribution in [1.82, 2.24) is 30.4 Å². The first-order valence-corrected chi connectivity index (χ1v) is 12.3. The van der Waals surface area contributed by atoms with Crippen LogP contribution >= 0.6 is 11.6 Å². The molecule has 3 unspecified atom stereocenters. The van der Waals surface area contributed by atoms with Crippen molar-refractivity contribution >= 4 is 34.4 Å². The summed E-state index contributed by atoms with van der Waals surface area (Å²) in [6.45, 7) is 3.49. The number of hydrogen-bond donors (Lipinski definition) is 2. The Balaban J connectivity index is 1.26. The number of nitrogens with one attached hydrogen (secondary N) is 2. The monoisotopic (exact) mass is 503 g/mol. The van der Waals surface area contributed by atoms with Crippen LogP contribution in [-0.4, -0.2) is 64.3 Å². The Morgan fingerprint density at radius 3 is 2.83 bits per heavy atom. The van der Waals surface area contributed by atoms with E-state index in [2.05, 4.69) is 20.8 Å². The van der Waals surface area contributed by atoms with Gasteiger partial charge >= 0.3 is 0 Å². The van der Waals surface area contributed by atoms with Crippen LogP contribution < -0.4 is 15.5 Å². The fourth-order valence-electron chi connectivity index (χ4n) is 5.13. The fourth-order valence-corrected chi connectivity index (χ4v) is 5.38. The zero-order valence-electron chi connectivity index (χ0n) is 19.6. The number of anilines is 1. The summed E-state index contributed by atoms with van der Waals surface area (Å²) in [5.41, 5.74) is 2.91. The van der Waals surface area contributed by atoms with Gasteiger partial charge in [-0.1, -0.05) is 17.7 Å². The largest absolute Gasteiger partial charge is 0.354 e. The van der Waals surface area contributed by atoms with Gasteiger partial charge in [0.25, 0.3) is 5.91 Å². The molecular weight excluding hydrogens is 476 g/mol. The lowest BCUT2D eigenvalue weighted by Gasteiger charge is -2.26. The van der Waals surface area contributed by atoms with E-state index in [0.29, 0.717) is 42.0 Å². The summed E-state index contributed by atoms with van der Waals surface area (Å²) in [5.74, 6) is -0.268. The molecule has 1 aliphatic carbocycles. The van der Waals surface area contributed by atoms with E-state index in [-0.39, 0.29) is 30.2 Å². The van der Waals surface area contributed by atoms with Gasteiger partial charge in [-0.25, -0.2) is 13.8 Å². The minimum absolute atomic E-state index is 0.0560. The number of hydrogen-bond acceptors (Lipinski definition) is 6. The van der Waals surface area contributed by atoms with Crippen molar-refractivity contribution in [1.29, 1.82) is 0 Å². The van der Waals surface area contributed by atoms with Gasteiger partial charge in [-0.15, -0.1) is 10.2 Å². The molecule has 1 amide bonds. The Bertz CT molecular complexity index is 1250. The molecule has 3 aromatic rings. The van der Waals surface area contributed by atoms with Gasteiger partial charge in [0.1, 0.15) is 5.82 Å². The molecule has 1 saturated heterocycles. The summed E-state index contributed by atoms with van der Waals surface area (Å²) in [6.07, 6.45) is 1.50. The van der Waals surface area contributed by atoms with E-state index in [0.717, 1.165) is 23.5 Å². The van der Waals surface area contributed by atoms with Gasteiger partial charge in [0, 0.05) is 49.0 Å². The molecule has 3 atom stereocenters. The van der Waals surface area contributed by atoms with E-state index < -0.39 is 12.3 Å². The third-order valence-corrected chi connectivity index (χ3v) is 7.42. The average Bonchev–Trinajstić information content (AvgIpc) is 3.44. The predicted molar refractivity (Wildman–Crippen MR) is 130 cm³/mol. The lowest BCUT2D eigenvalue weighted by Crippen LogP contribution is -2.39. The van der Waals surface area contributed by atoms with Gasteiger partial charge in [-0.05, 0) is 50.9 Å². The molecule has 1 fully saturated rings. The quantitative estimate of drug-likeness (QED) is 0.537. The zero-order valence-corrected chi connectivity index (χ0v) is 20.4. The first-order chi connectivity index (χ1) is 16.9. The number of carbonyl (C=O) groups excluding carboxylic acids is 1. The zero-order chi connectivity index (χ0) is 24.7. The van der Waals surface area contributed by atoms with Crippen LogP contribution in [0.1, 0.15) is 35.1 Å². The summed E-state index contributed by atoms with van der Waals surface area (Å²) in [4.78, 5) is 19.6. The Kier molecular flexibility index (Phi) is 6.59. The van der Waals surface area contributed by atoms with Gasteiger partial charge in [-0.3, -0.25) is 4.79 Å². The van der Waals surface area contributed by atoms with E-state index in [1.54, 1.807) is 19.3 Å². The number of alkyl halides is 2. The molecule has 0 aromatic carbocycles. The number of halogens is 3. The van der Waals surface area contributed by atoms with Gasteiger partial charge < -0.3 is 20.1 Å². The molecule has 186 valence electrons. The van der Waals surface area contributed by atoms with Crippen LogP contribution in [0.2, 0.25) is 5.02 Å². The molecule has 0 spiro atoms. The number of rotatable bonds is 6. The summed E-state index contributed by atoms with van der Waals surface area (Å²) < 4.78 is 28.7. The Morgan fingerprint density at radius 2 is 2.11 bits per heavy atom. The van der Waals surface area contributed by atoms with E-state index in [9.17, 15) is 13.6 Å². The number of likely N-dealkylation sites (N-methyl/N-ethyl adjacent to an activating group) is 1. The van der Waals surface area contributed by atoms with Crippen LogP contribution in [0.15, 0.2) is 24.4 Å². The molecule has 35 heavy (non-hydrogen) atoms. The highest BCUT2D eigenvalue weighted by molar-refractivity contribution is 6.35. The summed E-state index contributed by atoms with van der Waals surface area (Å²) in [6, 6.07) is 5.25. The number of fused-ring (bicyclic) bond motifs is 2. The van der Waals surface area contributed by atoms with E-state index in [1.807, 2.05) is 28.5 Å². The molecule has 4 heterocycles. The normalized spacial score (nSPS) is 22.1. The number of carbonyl (C=O) groups is 1. The summed E-state index contributed by atoms with van der Waals surface area (Å²) >= 11 is 6.31. The maximum atomic E-state index is 13.4. The summed E-state index contributed by atoms with van der Waals surface area (Å²) in [7, 11) is 1.72. The van der Waals surface area contributed by atoms with Crippen LogP contribution in [0.5, 0.6) is 0 Å². The molecule has 1 aliphatic heterocycles. The third-order valence-electron chi connectivity index (χ3n) is 7.11. The second-order valence-electron chi connectivity index (χ2n) is 9.22. The second-order valence-corrected chi connectivity index (χ2v) is 9.62. The van der Waals surface area contributed by atoms with Crippen molar-refractivity contribution in [3.8, 4) is 0 Å². The van der Waals surface area contributed by atoms with Crippen LogP contribution in [0.4, 0.5) is 14.6 Å². The number of amides is 1. The predicted octanol–water partition coefficient (Wildman–Crippen LogP) is 3.08. The average molecular weight is 504 g/mol. The van der Waals surface area contributed by atoms with Gasteiger partial charge in [0.2, 0.25) is 6.43 Å². The molecule has 8 nitrogen and oxygen atoms in total. The molecule has 0 saturated carbocycles. The minimum Gasteiger partial charge on any atom is -0.354 e. The van der Waals surface area contributed by atoms with Crippen molar-refractivity contribution in [2.75, 3.05) is 25.0 Å². The van der Waals surface area contributed by atoms with Gasteiger partial charge in [0.15, 0.2) is 11.3 Å². The highest BCUT2D eigenvalue weighted by Gasteiger charge is 2.38. The Morgan fingerprint density at radius 1 is 1.29 bits per heavy atom. The molecule has 0 bridgehead atoms. The number of aromatic nitrogens is 4. The highest BCUT2D eigenvalue weighted by atomic mass is 35.5. The SMILES string of the molecule is CCn1cc(Cl)c2cc(C(=O)NC3CCc4nc(N5CC(NC)C(C(F)F)C5)ccc4C3)nnc21. The first kappa shape index (κ1) is 23.9. The van der Waals surface area contributed by atoms with Crippen LogP contribution in [0, 0.1) is 5.92 Å². The molecule has 0 radical (unpaired) electrons. The van der Waals surface area contributed by atoms with Crippen molar-refractivity contribution in [2.24, 2.45) is 5.92 Å². The first-order valence-electron chi connectivity index (χ1n) is 11.9. The van der Waals surface area contributed by atoms with Crippen LogP contribution in [0.3, 0.4) is 0 Å². The Hall–Kier alpha value is -2.85. The van der Waals surface area contributed by atoms with Crippen molar-refractivity contribution in [3.63, 3.8) is 0 Å². The van der Waals surface area contributed by atoms with Crippen LogP contribution in [0.25, 0.3) is 11.0 Å². The lowest BCUT2D eigenvalue weighted by atomic mass is 9.91. The van der Waals surface area contributed by atoms with Gasteiger partial charge in [0.05, 0.1) is 10.9 Å². The highest BCUT2D eigenvalue weighted by Crippen LogP contribution is 2.30. The van der Waals surface area contributed by atoms with E-state index in [1.165, 1.54) is 0 Å². The molecule has 2 aliphatic rings. The number of pyridine rings is 1. The topological polar surface area (TPSA) is 88.0 Å². The van der Waals surface area contributed by atoms with E-state index >= 15 is 0 Å². The maximum Gasteiger partial charge on any atom is 0.272 e. The summed E-state index contributed by atoms with van der Waals surface area (Å²) in [5, 5.41) is 15.6. The fraction of sp³-hybridized carbons (Fsp3) is 0.500. The van der Waals surface area contributed by atoms with E-state index in [4.69, 9.17) is 16.6 Å². The molecule has 2 N–H and O–H groups in total. The van der Waals surface area contributed by atoms with Crippen molar-refractivity contribution < 1.29 is 13.6 Å². The third kappa shape index (κ3) is 4.56. The minimum atomic E-state index is -2.37. The molecule has 11 heteroatoms. The molecular formula is C24H28ClF2N7O. The standard InChI is InChI=1S/C24H28ClF2N7O/c1-3-33-11-17(25)15-9-19(31-32-23(15)33)24(35)29-14-5-6-18-13(8-14)4-7-21(30-18)34-10-16(22(26)27)20(12-34)28-2/h4,7,9,11,14,16,20,22,28H,3,5-6,8,10,12H2,1-2H3,(H,29,35). The smallest absolute Gasteiger partial charge is 0.272 e. The Labute approximate surface area is 207 Å². The number of aryl methyl sites for hydroxylation is 2. The lowest BCUT2D eigenvalue weighted by molar-refractivity contribution is 0.0753. The second kappa shape index (κ2) is 9.66. The number of nitrogens with zero attached hydrogens (tertiary/aromatic N) is 5. The molecule has 3 aromatic heterocycles. The molecule has 5 rings (SSSR count). The van der Waals surface area contributed by atoms with Crippen molar-refractivity contribution in [3.05, 3.63) is 46.4 Å². The van der Waals surface area contributed by atoms with Gasteiger partial charge in [-0.2, -0.15) is 0 Å². The maximum absolute atomic E-state index is 13.4.